The van der Waals surface area contributed by atoms with Crippen molar-refractivity contribution in [1.82, 2.24) is 5.32 Å². The third kappa shape index (κ3) is 1.93. The Labute approximate surface area is 129 Å². The van der Waals surface area contributed by atoms with E-state index < -0.39 is 0 Å². The molecule has 108 valence electrons. The Kier molecular flexibility index (Phi) is 3.24. The number of carbonyl (C=O) groups excluding carboxylic acids is 1. The van der Waals surface area contributed by atoms with E-state index in [1.807, 2.05) is 24.3 Å². The summed E-state index contributed by atoms with van der Waals surface area (Å²) in [6.07, 6.45) is 3.68. The van der Waals surface area contributed by atoms with E-state index >= 15 is 0 Å². The molecule has 0 heterocycles. The van der Waals surface area contributed by atoms with Crippen LogP contribution in [-0.4, -0.2) is 11.9 Å². The van der Waals surface area contributed by atoms with E-state index in [1.165, 1.54) is 12.8 Å². The monoisotopic (exact) mass is 335 g/mol. The summed E-state index contributed by atoms with van der Waals surface area (Å²) in [4.78, 5) is 12.4. The molecule has 2 aliphatic rings. The highest BCUT2D eigenvalue weighted by Gasteiger charge is 2.61. The highest BCUT2D eigenvalue weighted by atomic mass is 79.9. The maximum absolute atomic E-state index is 12.4. The molecule has 2 nitrogen and oxygen atoms in total. The van der Waals surface area contributed by atoms with Crippen LogP contribution in [0.2, 0.25) is 0 Å². The van der Waals surface area contributed by atoms with Crippen LogP contribution in [0.1, 0.15) is 50.4 Å². The Morgan fingerprint density at radius 3 is 2.40 bits per heavy atom. The number of rotatable bonds is 2. The van der Waals surface area contributed by atoms with Crippen LogP contribution in [0.5, 0.6) is 0 Å². The molecular formula is C17H22BrNO. The fourth-order valence-electron chi connectivity index (χ4n) is 4.26. The van der Waals surface area contributed by atoms with Crippen LogP contribution in [0.15, 0.2) is 28.7 Å². The average Bonchev–Trinajstić information content (AvgIpc) is 2.72. The number of amides is 1. The quantitative estimate of drug-likeness (QED) is 0.852. The van der Waals surface area contributed by atoms with Crippen LogP contribution < -0.4 is 5.32 Å². The molecule has 2 bridgehead atoms. The second-order valence-corrected chi connectivity index (χ2v) is 8.06. The van der Waals surface area contributed by atoms with Gasteiger partial charge >= 0.3 is 0 Å². The lowest BCUT2D eigenvalue weighted by molar-refractivity contribution is 0.0826. The second-order valence-electron chi connectivity index (χ2n) is 7.14. The Balaban J connectivity index is 1.76. The number of halogens is 1. The Hall–Kier alpha value is -0.830. The summed E-state index contributed by atoms with van der Waals surface area (Å²) in [5.74, 6) is 0.815. The predicted octanol–water partition coefficient (Wildman–Crippen LogP) is 4.39. The fourth-order valence-corrected chi connectivity index (χ4v) is 4.53. The number of carbonyl (C=O) groups is 1. The van der Waals surface area contributed by atoms with Gasteiger partial charge in [0, 0.05) is 16.1 Å². The van der Waals surface area contributed by atoms with Crippen molar-refractivity contribution in [3.05, 3.63) is 34.3 Å². The first kappa shape index (κ1) is 14.1. The minimum atomic E-state index is 0.0621. The summed E-state index contributed by atoms with van der Waals surface area (Å²) in [6.45, 7) is 7.10. The van der Waals surface area contributed by atoms with Crippen molar-refractivity contribution in [2.75, 3.05) is 0 Å². The topological polar surface area (TPSA) is 29.1 Å². The van der Waals surface area contributed by atoms with E-state index in [0.717, 1.165) is 22.4 Å². The Morgan fingerprint density at radius 1 is 1.25 bits per heavy atom. The number of benzene rings is 1. The molecule has 20 heavy (non-hydrogen) atoms. The lowest BCUT2D eigenvalue weighted by atomic mass is 9.69. The Morgan fingerprint density at radius 2 is 1.90 bits per heavy atom. The maximum Gasteiger partial charge on any atom is 0.251 e. The second kappa shape index (κ2) is 4.59. The van der Waals surface area contributed by atoms with Crippen molar-refractivity contribution in [2.45, 2.75) is 46.1 Å². The molecular weight excluding hydrogens is 314 g/mol. The summed E-state index contributed by atoms with van der Waals surface area (Å²) in [5.41, 5.74) is 1.32. The van der Waals surface area contributed by atoms with Crippen molar-refractivity contribution in [1.29, 1.82) is 0 Å². The molecule has 0 aliphatic heterocycles. The van der Waals surface area contributed by atoms with E-state index in [-0.39, 0.29) is 11.3 Å². The molecule has 3 atom stereocenters. The molecule has 0 aromatic heterocycles. The van der Waals surface area contributed by atoms with Gasteiger partial charge in [-0.2, -0.15) is 0 Å². The highest BCUT2D eigenvalue weighted by Crippen LogP contribution is 2.65. The van der Waals surface area contributed by atoms with Gasteiger partial charge in [0.15, 0.2) is 0 Å². The lowest BCUT2D eigenvalue weighted by Crippen LogP contribution is -2.46. The van der Waals surface area contributed by atoms with Crippen molar-refractivity contribution < 1.29 is 4.79 Å². The first-order chi connectivity index (χ1) is 9.34. The van der Waals surface area contributed by atoms with Crippen molar-refractivity contribution in [2.24, 2.45) is 16.7 Å². The Bertz CT molecular complexity index is 536. The first-order valence-electron chi connectivity index (χ1n) is 7.41. The SMILES string of the molecule is CC1(C)C2CCC1(C)C(NC(=O)c1ccc(Br)cc1)C2. The van der Waals surface area contributed by atoms with Gasteiger partial charge in [-0.1, -0.05) is 36.7 Å². The number of fused-ring (bicyclic) bond motifs is 2. The molecule has 0 saturated heterocycles. The van der Waals surface area contributed by atoms with Gasteiger partial charge in [-0.25, -0.2) is 0 Å². The first-order valence-corrected chi connectivity index (χ1v) is 8.20. The normalized spacial score (nSPS) is 34.2. The molecule has 1 aromatic carbocycles. The molecule has 2 aliphatic carbocycles. The minimum absolute atomic E-state index is 0.0621. The molecule has 2 fully saturated rings. The number of hydrogen-bond acceptors (Lipinski definition) is 1. The van der Waals surface area contributed by atoms with Crippen LogP contribution in [0.3, 0.4) is 0 Å². The standard InChI is InChI=1S/C17H22BrNO/c1-16(2)12-8-9-17(16,3)14(10-12)19-15(20)11-4-6-13(18)7-5-11/h4-7,12,14H,8-10H2,1-3H3,(H,19,20). The van der Waals surface area contributed by atoms with E-state index in [4.69, 9.17) is 0 Å². The molecule has 0 radical (unpaired) electrons. The van der Waals surface area contributed by atoms with Gasteiger partial charge in [0.25, 0.3) is 5.91 Å². The van der Waals surface area contributed by atoms with Crippen LogP contribution in [0, 0.1) is 16.7 Å². The van der Waals surface area contributed by atoms with Gasteiger partial charge in [0.2, 0.25) is 0 Å². The van der Waals surface area contributed by atoms with Crippen LogP contribution >= 0.6 is 15.9 Å². The molecule has 3 unspecified atom stereocenters. The van der Waals surface area contributed by atoms with Gasteiger partial charge in [0.05, 0.1) is 0 Å². The van der Waals surface area contributed by atoms with Gasteiger partial charge in [0.1, 0.15) is 0 Å². The average molecular weight is 336 g/mol. The van der Waals surface area contributed by atoms with Crippen LogP contribution in [0.25, 0.3) is 0 Å². The summed E-state index contributed by atoms with van der Waals surface area (Å²) in [7, 11) is 0. The molecule has 2 saturated carbocycles. The van der Waals surface area contributed by atoms with Crippen molar-refractivity contribution in [3.8, 4) is 0 Å². The predicted molar refractivity (Wildman–Crippen MR) is 84.6 cm³/mol. The van der Waals surface area contributed by atoms with Gasteiger partial charge < -0.3 is 5.32 Å². The highest BCUT2D eigenvalue weighted by molar-refractivity contribution is 9.10. The van der Waals surface area contributed by atoms with E-state index in [2.05, 4.69) is 42.0 Å². The zero-order chi connectivity index (χ0) is 14.5. The lowest BCUT2D eigenvalue weighted by Gasteiger charge is -2.39. The zero-order valence-corrected chi connectivity index (χ0v) is 14.0. The summed E-state index contributed by atoms with van der Waals surface area (Å²) in [6, 6.07) is 7.90. The van der Waals surface area contributed by atoms with Gasteiger partial charge in [-0.05, 0) is 60.3 Å². The largest absolute Gasteiger partial charge is 0.349 e. The maximum atomic E-state index is 12.4. The summed E-state index contributed by atoms with van der Waals surface area (Å²) in [5, 5.41) is 3.29. The summed E-state index contributed by atoms with van der Waals surface area (Å²) < 4.78 is 1.00. The van der Waals surface area contributed by atoms with E-state index in [0.29, 0.717) is 11.5 Å². The van der Waals surface area contributed by atoms with E-state index in [1.54, 1.807) is 0 Å². The molecule has 1 aromatic rings. The molecule has 0 spiro atoms. The van der Waals surface area contributed by atoms with Gasteiger partial charge in [-0.15, -0.1) is 0 Å². The minimum Gasteiger partial charge on any atom is -0.349 e. The van der Waals surface area contributed by atoms with Crippen LogP contribution in [-0.2, 0) is 0 Å². The fraction of sp³-hybridized carbons (Fsp3) is 0.588. The third-order valence-corrected chi connectivity index (χ3v) is 6.73. The summed E-state index contributed by atoms with van der Waals surface area (Å²) >= 11 is 3.40. The zero-order valence-electron chi connectivity index (χ0n) is 12.4. The molecule has 3 rings (SSSR count). The number of nitrogens with one attached hydrogen (secondary N) is 1. The van der Waals surface area contributed by atoms with Crippen molar-refractivity contribution >= 4 is 21.8 Å². The molecule has 1 N–H and O–H groups in total. The smallest absolute Gasteiger partial charge is 0.251 e. The van der Waals surface area contributed by atoms with E-state index in [9.17, 15) is 4.79 Å². The van der Waals surface area contributed by atoms with Crippen molar-refractivity contribution in [3.63, 3.8) is 0 Å². The van der Waals surface area contributed by atoms with Crippen LogP contribution in [0.4, 0.5) is 0 Å². The molecule has 3 heteroatoms. The van der Waals surface area contributed by atoms with Gasteiger partial charge in [-0.3, -0.25) is 4.79 Å². The number of hydrogen-bond donors (Lipinski definition) is 1. The molecule has 1 amide bonds. The third-order valence-electron chi connectivity index (χ3n) is 6.21.